The smallest absolute Gasteiger partial charge is 0.268 e. The zero-order valence-electron chi connectivity index (χ0n) is 13.1. The van der Waals surface area contributed by atoms with E-state index in [1.165, 1.54) is 11.1 Å². The van der Waals surface area contributed by atoms with Crippen molar-refractivity contribution < 1.29 is 9.32 Å². The topological polar surface area (TPSA) is 68.0 Å². The van der Waals surface area contributed by atoms with Gasteiger partial charge in [0.15, 0.2) is 5.82 Å². The molecule has 1 aliphatic carbocycles. The van der Waals surface area contributed by atoms with Gasteiger partial charge >= 0.3 is 0 Å². The average molecular weight is 339 g/mol. The Morgan fingerprint density at radius 1 is 1.29 bits per heavy atom. The Labute approximate surface area is 143 Å². The Bertz CT molecular complexity index is 842. The van der Waals surface area contributed by atoms with Gasteiger partial charge in [0, 0.05) is 6.42 Å². The molecule has 0 saturated heterocycles. The molecule has 1 amide bonds. The molecule has 0 radical (unpaired) electrons. The van der Waals surface area contributed by atoms with E-state index in [4.69, 9.17) is 4.52 Å². The molecule has 2 aromatic heterocycles. The van der Waals surface area contributed by atoms with Crippen LogP contribution in [0.2, 0.25) is 0 Å². The van der Waals surface area contributed by atoms with Crippen LogP contribution >= 0.6 is 11.3 Å². The van der Waals surface area contributed by atoms with E-state index in [1.807, 2.05) is 23.6 Å². The van der Waals surface area contributed by atoms with Crippen LogP contribution in [-0.2, 0) is 17.8 Å². The van der Waals surface area contributed by atoms with Crippen molar-refractivity contribution in [2.45, 2.75) is 31.7 Å². The van der Waals surface area contributed by atoms with Gasteiger partial charge in [0.25, 0.3) is 5.89 Å². The number of thiophene rings is 1. The van der Waals surface area contributed by atoms with Crippen molar-refractivity contribution in [3.05, 3.63) is 58.7 Å². The van der Waals surface area contributed by atoms with Crippen LogP contribution in [0.5, 0.6) is 0 Å². The lowest BCUT2D eigenvalue weighted by molar-refractivity contribution is -0.121. The summed E-state index contributed by atoms with van der Waals surface area (Å²) in [5.74, 6) is 1.34. The second-order valence-electron chi connectivity index (χ2n) is 5.91. The van der Waals surface area contributed by atoms with Crippen LogP contribution in [0, 0.1) is 0 Å². The summed E-state index contributed by atoms with van der Waals surface area (Å²) in [5.41, 5.74) is 2.68. The third kappa shape index (κ3) is 3.10. The fourth-order valence-corrected chi connectivity index (χ4v) is 3.80. The van der Waals surface area contributed by atoms with Gasteiger partial charge in [0.05, 0.1) is 11.4 Å². The van der Waals surface area contributed by atoms with Crippen molar-refractivity contribution in [3.8, 4) is 10.8 Å². The molecule has 3 aromatic rings. The largest absolute Gasteiger partial charge is 0.349 e. The van der Waals surface area contributed by atoms with E-state index in [-0.39, 0.29) is 5.91 Å². The summed E-state index contributed by atoms with van der Waals surface area (Å²) < 4.78 is 5.22. The molecule has 1 atom stereocenters. The number of fused-ring (bicyclic) bond motifs is 1. The molecule has 122 valence electrons. The summed E-state index contributed by atoms with van der Waals surface area (Å²) in [7, 11) is 0. The number of carbonyl (C=O) groups excluding carboxylic acids is 1. The number of nitrogens with zero attached hydrogens (tertiary/aromatic N) is 2. The number of nitrogens with one attached hydrogen (secondary N) is 1. The Morgan fingerprint density at radius 2 is 2.21 bits per heavy atom. The normalized spacial score (nSPS) is 16.1. The highest BCUT2D eigenvalue weighted by Gasteiger charge is 2.24. The van der Waals surface area contributed by atoms with Crippen LogP contribution in [0.4, 0.5) is 0 Å². The predicted molar refractivity (Wildman–Crippen MR) is 91.6 cm³/mol. The van der Waals surface area contributed by atoms with Crippen molar-refractivity contribution in [1.29, 1.82) is 0 Å². The third-order valence-electron chi connectivity index (χ3n) is 4.33. The summed E-state index contributed by atoms with van der Waals surface area (Å²) >= 11 is 1.54. The summed E-state index contributed by atoms with van der Waals surface area (Å²) in [5, 5.41) is 8.77. The first-order valence-corrected chi connectivity index (χ1v) is 8.88. The van der Waals surface area contributed by atoms with Crippen molar-refractivity contribution in [2.24, 2.45) is 0 Å². The van der Waals surface area contributed by atoms with Crippen LogP contribution in [-0.4, -0.2) is 16.0 Å². The van der Waals surface area contributed by atoms with Gasteiger partial charge in [0.2, 0.25) is 5.91 Å². The summed E-state index contributed by atoms with van der Waals surface area (Å²) in [4.78, 5) is 17.5. The molecule has 1 N–H and O–H groups in total. The van der Waals surface area contributed by atoms with Crippen molar-refractivity contribution in [2.75, 3.05) is 0 Å². The highest BCUT2D eigenvalue weighted by Crippen LogP contribution is 2.35. The number of benzene rings is 1. The molecular weight excluding hydrogens is 322 g/mol. The van der Waals surface area contributed by atoms with E-state index in [0.717, 1.165) is 17.7 Å². The molecule has 5 nitrogen and oxygen atoms in total. The van der Waals surface area contributed by atoms with Gasteiger partial charge in [-0.3, -0.25) is 4.79 Å². The maximum absolute atomic E-state index is 12.2. The monoisotopic (exact) mass is 339 g/mol. The van der Waals surface area contributed by atoms with Crippen LogP contribution in [0.3, 0.4) is 0 Å². The standard InChI is InChI=1S/C18H17N3O2S/c22-17(10-13-8-7-12-4-1-2-5-14(12)13)19-11-16-20-18(23-21-16)15-6-3-9-24-15/h1-6,9,13H,7-8,10-11H2,(H,19,22)/t13-/m1/s1. The fraction of sp³-hybridized carbons (Fsp3) is 0.278. The van der Waals surface area contributed by atoms with E-state index in [2.05, 4.69) is 33.7 Å². The lowest BCUT2D eigenvalue weighted by Crippen LogP contribution is -2.24. The van der Waals surface area contributed by atoms with E-state index < -0.39 is 0 Å². The predicted octanol–water partition coefficient (Wildman–Crippen LogP) is 3.53. The highest BCUT2D eigenvalue weighted by atomic mass is 32.1. The minimum absolute atomic E-state index is 0.0270. The molecule has 24 heavy (non-hydrogen) atoms. The third-order valence-corrected chi connectivity index (χ3v) is 5.19. The zero-order chi connectivity index (χ0) is 16.4. The molecule has 4 rings (SSSR count). The van der Waals surface area contributed by atoms with Gasteiger partial charge < -0.3 is 9.84 Å². The average Bonchev–Trinajstić information content (AvgIpc) is 3.34. The van der Waals surface area contributed by atoms with Crippen LogP contribution < -0.4 is 5.32 Å². The molecule has 6 heteroatoms. The van der Waals surface area contributed by atoms with Gasteiger partial charge in [0.1, 0.15) is 0 Å². The molecule has 0 fully saturated rings. The van der Waals surface area contributed by atoms with Gasteiger partial charge in [-0.1, -0.05) is 35.5 Å². The Morgan fingerprint density at radius 3 is 3.08 bits per heavy atom. The first-order valence-electron chi connectivity index (χ1n) is 8.00. The Kier molecular flexibility index (Phi) is 4.13. The van der Waals surface area contributed by atoms with Crippen LogP contribution in [0.25, 0.3) is 10.8 Å². The molecule has 0 unspecified atom stereocenters. The number of aromatic nitrogens is 2. The summed E-state index contributed by atoms with van der Waals surface area (Å²) in [6.07, 6.45) is 2.60. The molecule has 2 heterocycles. The fourth-order valence-electron chi connectivity index (χ4n) is 3.16. The molecule has 1 aliphatic rings. The van der Waals surface area contributed by atoms with Gasteiger partial charge in [-0.15, -0.1) is 11.3 Å². The molecule has 0 saturated carbocycles. The minimum Gasteiger partial charge on any atom is -0.349 e. The first kappa shape index (κ1) is 15.1. The molecule has 0 aliphatic heterocycles. The number of hydrogen-bond donors (Lipinski definition) is 1. The number of hydrogen-bond acceptors (Lipinski definition) is 5. The van der Waals surface area contributed by atoms with Crippen LogP contribution in [0.1, 0.15) is 35.7 Å². The molecule has 1 aromatic carbocycles. The number of rotatable bonds is 5. The molecule has 0 bridgehead atoms. The Hall–Kier alpha value is -2.47. The van der Waals surface area contributed by atoms with Gasteiger partial charge in [-0.2, -0.15) is 4.98 Å². The lowest BCUT2D eigenvalue weighted by atomic mass is 9.97. The second kappa shape index (κ2) is 6.57. The first-order chi connectivity index (χ1) is 11.8. The van der Waals surface area contributed by atoms with E-state index in [1.54, 1.807) is 11.3 Å². The maximum Gasteiger partial charge on any atom is 0.268 e. The quantitative estimate of drug-likeness (QED) is 0.772. The van der Waals surface area contributed by atoms with Crippen molar-refractivity contribution in [1.82, 2.24) is 15.5 Å². The van der Waals surface area contributed by atoms with Crippen molar-refractivity contribution in [3.63, 3.8) is 0 Å². The zero-order valence-corrected chi connectivity index (χ0v) is 13.9. The van der Waals surface area contributed by atoms with Gasteiger partial charge in [-0.05, 0) is 41.3 Å². The molecular formula is C18H17N3O2S. The number of amides is 1. The molecule has 0 spiro atoms. The second-order valence-corrected chi connectivity index (χ2v) is 6.86. The Balaban J connectivity index is 1.33. The lowest BCUT2D eigenvalue weighted by Gasteiger charge is -2.10. The summed E-state index contributed by atoms with van der Waals surface area (Å²) in [6, 6.07) is 12.2. The summed E-state index contributed by atoms with van der Waals surface area (Å²) in [6.45, 7) is 0.294. The van der Waals surface area contributed by atoms with E-state index in [9.17, 15) is 4.79 Å². The van der Waals surface area contributed by atoms with Gasteiger partial charge in [-0.25, -0.2) is 0 Å². The number of aryl methyl sites for hydroxylation is 1. The SMILES string of the molecule is O=C(C[C@H]1CCc2ccccc21)NCc1noc(-c2cccs2)n1. The van der Waals surface area contributed by atoms with E-state index in [0.29, 0.717) is 30.6 Å². The minimum atomic E-state index is 0.0270. The van der Waals surface area contributed by atoms with Crippen LogP contribution in [0.15, 0.2) is 46.3 Å². The highest BCUT2D eigenvalue weighted by molar-refractivity contribution is 7.13. The maximum atomic E-state index is 12.2. The number of carbonyl (C=O) groups is 1. The van der Waals surface area contributed by atoms with E-state index >= 15 is 0 Å². The van der Waals surface area contributed by atoms with Crippen molar-refractivity contribution >= 4 is 17.2 Å².